The number of rotatable bonds is 6. The van der Waals surface area contributed by atoms with Gasteiger partial charge in [-0.15, -0.1) is 0 Å². The number of amides is 1. The van der Waals surface area contributed by atoms with Crippen molar-refractivity contribution in [2.45, 2.75) is 25.3 Å². The van der Waals surface area contributed by atoms with E-state index >= 15 is 0 Å². The summed E-state index contributed by atoms with van der Waals surface area (Å²) >= 11 is 0.942. The number of hydrogen-bond donors (Lipinski definition) is 2. The number of aryl methyl sites for hydroxylation is 2. The Morgan fingerprint density at radius 3 is 2.36 bits per heavy atom. The van der Waals surface area contributed by atoms with Crippen molar-refractivity contribution in [1.82, 2.24) is 10.3 Å². The summed E-state index contributed by atoms with van der Waals surface area (Å²) in [7, 11) is -3.92. The highest BCUT2D eigenvalue weighted by Gasteiger charge is 2.20. The minimum absolute atomic E-state index is 0.0716. The average Bonchev–Trinajstić information content (AvgIpc) is 3.01. The highest BCUT2D eigenvalue weighted by Crippen LogP contribution is 2.25. The smallest absolute Gasteiger partial charge is 0.263 e. The largest absolute Gasteiger partial charge is 0.347 e. The molecule has 146 valence electrons. The zero-order valence-electron chi connectivity index (χ0n) is 15.2. The SMILES string of the molecule is Cc1ccc(CNC(=O)c2sc(NS(=O)(=O)c3ccc(F)cc3)nc2C)cc1. The second-order valence-corrected chi connectivity index (χ2v) is 8.84. The average molecular weight is 420 g/mol. The van der Waals surface area contributed by atoms with Gasteiger partial charge in [0.25, 0.3) is 15.9 Å². The summed E-state index contributed by atoms with van der Waals surface area (Å²) in [6.07, 6.45) is 0. The summed E-state index contributed by atoms with van der Waals surface area (Å²) in [5.41, 5.74) is 2.51. The number of nitrogens with zero attached hydrogens (tertiary/aromatic N) is 1. The van der Waals surface area contributed by atoms with Crippen LogP contribution >= 0.6 is 11.3 Å². The Labute approximate surface area is 166 Å². The van der Waals surface area contributed by atoms with Crippen LogP contribution in [0.2, 0.25) is 0 Å². The van der Waals surface area contributed by atoms with E-state index in [0.717, 1.165) is 46.7 Å². The monoisotopic (exact) mass is 419 g/mol. The Bertz CT molecular complexity index is 1090. The fourth-order valence-electron chi connectivity index (χ4n) is 2.41. The van der Waals surface area contributed by atoms with Gasteiger partial charge in [0.15, 0.2) is 5.13 Å². The van der Waals surface area contributed by atoms with Gasteiger partial charge < -0.3 is 5.32 Å². The Morgan fingerprint density at radius 1 is 1.07 bits per heavy atom. The molecular formula is C19H18FN3O3S2. The molecular weight excluding hydrogens is 401 g/mol. The van der Waals surface area contributed by atoms with Crippen LogP contribution in [0.15, 0.2) is 53.4 Å². The van der Waals surface area contributed by atoms with Crippen molar-refractivity contribution in [1.29, 1.82) is 0 Å². The van der Waals surface area contributed by atoms with Crippen LogP contribution in [-0.4, -0.2) is 19.3 Å². The van der Waals surface area contributed by atoms with E-state index in [0.29, 0.717) is 17.1 Å². The van der Waals surface area contributed by atoms with Crippen LogP contribution in [0, 0.1) is 19.7 Å². The predicted molar refractivity (Wildman–Crippen MR) is 106 cm³/mol. The van der Waals surface area contributed by atoms with Crippen LogP contribution in [0.4, 0.5) is 9.52 Å². The van der Waals surface area contributed by atoms with Gasteiger partial charge in [0.2, 0.25) is 0 Å². The van der Waals surface area contributed by atoms with Crippen molar-refractivity contribution in [2.24, 2.45) is 0 Å². The Kier molecular flexibility index (Phi) is 5.76. The van der Waals surface area contributed by atoms with Gasteiger partial charge in [-0.3, -0.25) is 9.52 Å². The molecule has 3 rings (SSSR count). The van der Waals surface area contributed by atoms with Crippen molar-refractivity contribution in [3.63, 3.8) is 0 Å². The number of carbonyl (C=O) groups excluding carboxylic acids is 1. The van der Waals surface area contributed by atoms with E-state index < -0.39 is 15.8 Å². The molecule has 0 bridgehead atoms. The third kappa shape index (κ3) is 4.73. The van der Waals surface area contributed by atoms with Crippen molar-refractivity contribution in [3.8, 4) is 0 Å². The maximum Gasteiger partial charge on any atom is 0.263 e. The molecule has 0 aliphatic heterocycles. The zero-order valence-corrected chi connectivity index (χ0v) is 16.8. The van der Waals surface area contributed by atoms with Crippen molar-refractivity contribution < 1.29 is 17.6 Å². The molecule has 1 aromatic heterocycles. The van der Waals surface area contributed by atoms with Gasteiger partial charge >= 0.3 is 0 Å². The molecule has 0 fully saturated rings. The summed E-state index contributed by atoms with van der Waals surface area (Å²) < 4.78 is 40.1. The molecule has 1 heterocycles. The summed E-state index contributed by atoms with van der Waals surface area (Å²) in [4.78, 5) is 16.8. The molecule has 0 saturated heterocycles. The molecule has 28 heavy (non-hydrogen) atoms. The first-order valence-electron chi connectivity index (χ1n) is 8.34. The maximum absolute atomic E-state index is 13.0. The molecule has 9 heteroatoms. The highest BCUT2D eigenvalue weighted by atomic mass is 32.2. The Balaban J connectivity index is 1.70. The quantitative estimate of drug-likeness (QED) is 0.639. The first-order chi connectivity index (χ1) is 13.2. The molecule has 0 spiro atoms. The lowest BCUT2D eigenvalue weighted by molar-refractivity contribution is 0.0954. The number of anilines is 1. The fourth-order valence-corrected chi connectivity index (χ4v) is 4.52. The lowest BCUT2D eigenvalue weighted by Crippen LogP contribution is -2.22. The minimum atomic E-state index is -3.92. The number of thiazole rings is 1. The van der Waals surface area contributed by atoms with Gasteiger partial charge in [-0.1, -0.05) is 41.2 Å². The summed E-state index contributed by atoms with van der Waals surface area (Å²) in [5.74, 6) is -0.862. The van der Waals surface area contributed by atoms with E-state index in [4.69, 9.17) is 0 Å². The van der Waals surface area contributed by atoms with E-state index in [9.17, 15) is 17.6 Å². The molecule has 2 aromatic carbocycles. The number of hydrogen-bond acceptors (Lipinski definition) is 5. The molecule has 6 nitrogen and oxygen atoms in total. The molecule has 2 N–H and O–H groups in total. The molecule has 0 aliphatic rings. The lowest BCUT2D eigenvalue weighted by atomic mass is 10.1. The van der Waals surface area contributed by atoms with Crippen LogP contribution in [0.3, 0.4) is 0 Å². The van der Waals surface area contributed by atoms with Gasteiger partial charge in [0.1, 0.15) is 10.7 Å². The number of halogens is 1. The van der Waals surface area contributed by atoms with E-state index in [1.165, 1.54) is 0 Å². The number of carbonyl (C=O) groups is 1. The van der Waals surface area contributed by atoms with Crippen LogP contribution < -0.4 is 10.0 Å². The molecule has 3 aromatic rings. The van der Waals surface area contributed by atoms with Crippen LogP contribution in [0.25, 0.3) is 0 Å². The normalized spacial score (nSPS) is 11.2. The van der Waals surface area contributed by atoms with Gasteiger partial charge in [-0.25, -0.2) is 17.8 Å². The van der Waals surface area contributed by atoms with E-state index in [-0.39, 0.29) is 15.9 Å². The summed E-state index contributed by atoms with van der Waals surface area (Å²) in [5, 5.41) is 2.87. The van der Waals surface area contributed by atoms with Crippen LogP contribution in [0.5, 0.6) is 0 Å². The molecule has 0 saturated carbocycles. The van der Waals surface area contributed by atoms with Crippen molar-refractivity contribution in [2.75, 3.05) is 4.72 Å². The van der Waals surface area contributed by atoms with Gasteiger partial charge in [-0.05, 0) is 43.7 Å². The maximum atomic E-state index is 13.0. The minimum Gasteiger partial charge on any atom is -0.347 e. The second kappa shape index (κ2) is 8.07. The number of nitrogens with one attached hydrogen (secondary N) is 2. The van der Waals surface area contributed by atoms with Gasteiger partial charge in [0, 0.05) is 6.54 Å². The van der Waals surface area contributed by atoms with Crippen molar-refractivity contribution >= 4 is 32.4 Å². The van der Waals surface area contributed by atoms with E-state index in [2.05, 4.69) is 15.0 Å². The first-order valence-corrected chi connectivity index (χ1v) is 10.6. The molecule has 0 atom stereocenters. The van der Waals surface area contributed by atoms with Crippen LogP contribution in [-0.2, 0) is 16.6 Å². The van der Waals surface area contributed by atoms with E-state index in [1.807, 2.05) is 31.2 Å². The third-order valence-corrected chi connectivity index (χ3v) is 6.48. The highest BCUT2D eigenvalue weighted by molar-refractivity contribution is 7.93. The van der Waals surface area contributed by atoms with Gasteiger partial charge in [0.05, 0.1) is 10.6 Å². The molecule has 0 unspecified atom stereocenters. The Morgan fingerprint density at radius 2 is 1.71 bits per heavy atom. The standard InChI is InChI=1S/C19H18FN3O3S2/c1-12-3-5-14(6-4-12)11-21-18(24)17-13(2)22-19(27-17)23-28(25,26)16-9-7-15(20)8-10-16/h3-10H,11H2,1-2H3,(H,21,24)(H,22,23). The van der Waals surface area contributed by atoms with E-state index in [1.54, 1.807) is 6.92 Å². The Hall–Kier alpha value is -2.78. The lowest BCUT2D eigenvalue weighted by Gasteiger charge is -2.05. The predicted octanol–water partition coefficient (Wildman–Crippen LogP) is 3.63. The van der Waals surface area contributed by atoms with Gasteiger partial charge in [-0.2, -0.15) is 0 Å². The van der Waals surface area contributed by atoms with Crippen LogP contribution in [0.1, 0.15) is 26.5 Å². The molecule has 1 amide bonds. The topological polar surface area (TPSA) is 88.2 Å². The number of benzene rings is 2. The number of aromatic nitrogens is 1. The van der Waals surface area contributed by atoms with Crippen molar-refractivity contribution in [3.05, 3.63) is 76.0 Å². The second-order valence-electron chi connectivity index (χ2n) is 6.16. The zero-order chi connectivity index (χ0) is 20.3. The summed E-state index contributed by atoms with van der Waals surface area (Å²) in [6.45, 7) is 3.97. The first kappa shape index (κ1) is 20.0. The summed E-state index contributed by atoms with van der Waals surface area (Å²) in [6, 6.07) is 12.2. The number of sulfonamides is 1. The molecule has 0 radical (unpaired) electrons. The third-order valence-electron chi connectivity index (χ3n) is 3.92. The molecule has 0 aliphatic carbocycles. The fraction of sp³-hybridized carbons (Fsp3) is 0.158.